The molecule has 7 nitrogen and oxygen atoms in total. The molecule has 0 saturated carbocycles. The first-order valence-corrected chi connectivity index (χ1v) is 11.4. The van der Waals surface area contributed by atoms with Gasteiger partial charge < -0.3 is 9.64 Å². The van der Waals surface area contributed by atoms with E-state index in [1.807, 2.05) is 24.3 Å². The van der Waals surface area contributed by atoms with E-state index in [9.17, 15) is 18.0 Å². The Labute approximate surface area is 176 Å². The molecule has 0 aromatic heterocycles. The predicted molar refractivity (Wildman–Crippen MR) is 110 cm³/mol. The molecule has 1 saturated heterocycles. The summed E-state index contributed by atoms with van der Waals surface area (Å²) in [5.74, 6) is -0.768. The monoisotopic (exact) mass is 428 g/mol. The van der Waals surface area contributed by atoms with E-state index in [-0.39, 0.29) is 22.9 Å². The number of nitrogens with zero attached hydrogens (tertiary/aromatic N) is 2. The molecular formula is C22H24N2O5S. The maximum Gasteiger partial charge on any atom is 0.337 e. The summed E-state index contributed by atoms with van der Waals surface area (Å²) in [5.41, 5.74) is 2.03. The quantitative estimate of drug-likeness (QED) is 0.697. The van der Waals surface area contributed by atoms with Gasteiger partial charge in [0, 0.05) is 19.6 Å². The van der Waals surface area contributed by atoms with Gasteiger partial charge in [0.2, 0.25) is 15.9 Å². The van der Waals surface area contributed by atoms with E-state index < -0.39 is 22.0 Å². The minimum absolute atomic E-state index is 0.0241. The van der Waals surface area contributed by atoms with Gasteiger partial charge in [-0.2, -0.15) is 4.31 Å². The summed E-state index contributed by atoms with van der Waals surface area (Å²) in [7, 11) is -2.77. The molecule has 0 spiro atoms. The van der Waals surface area contributed by atoms with Gasteiger partial charge in [0.25, 0.3) is 0 Å². The van der Waals surface area contributed by atoms with Crippen molar-refractivity contribution in [1.29, 1.82) is 0 Å². The molecule has 2 aliphatic rings. The van der Waals surface area contributed by atoms with Crippen LogP contribution in [0.1, 0.15) is 34.3 Å². The third kappa shape index (κ3) is 3.73. The fourth-order valence-electron chi connectivity index (χ4n) is 4.15. The normalized spacial score (nSPS) is 19.4. The van der Waals surface area contributed by atoms with E-state index in [1.165, 1.54) is 35.7 Å². The number of benzene rings is 2. The second-order valence-electron chi connectivity index (χ2n) is 7.59. The second kappa shape index (κ2) is 8.20. The Morgan fingerprint density at radius 3 is 2.40 bits per heavy atom. The molecule has 2 aromatic rings. The summed E-state index contributed by atoms with van der Waals surface area (Å²) in [6.45, 7) is 1.43. The van der Waals surface area contributed by atoms with Crippen molar-refractivity contribution in [3.8, 4) is 0 Å². The molecule has 1 fully saturated rings. The van der Waals surface area contributed by atoms with Crippen molar-refractivity contribution < 1.29 is 22.7 Å². The molecule has 2 aliphatic heterocycles. The molecule has 1 amide bonds. The highest BCUT2D eigenvalue weighted by Gasteiger charge is 2.41. The van der Waals surface area contributed by atoms with Crippen molar-refractivity contribution in [2.24, 2.45) is 0 Å². The maximum atomic E-state index is 13.6. The molecule has 0 unspecified atom stereocenters. The zero-order valence-corrected chi connectivity index (χ0v) is 17.6. The van der Waals surface area contributed by atoms with Gasteiger partial charge in [0.05, 0.1) is 17.6 Å². The molecule has 4 rings (SSSR count). The lowest BCUT2D eigenvalue weighted by atomic mass is 9.95. The molecule has 1 atom stereocenters. The minimum Gasteiger partial charge on any atom is -0.465 e. The highest BCUT2D eigenvalue weighted by atomic mass is 32.2. The lowest BCUT2D eigenvalue weighted by molar-refractivity contribution is -0.134. The Hall–Kier alpha value is -2.71. The number of hydrogen-bond acceptors (Lipinski definition) is 5. The predicted octanol–water partition coefficient (Wildman–Crippen LogP) is 2.21. The van der Waals surface area contributed by atoms with E-state index in [0.717, 1.165) is 24.0 Å². The lowest BCUT2D eigenvalue weighted by Crippen LogP contribution is -2.53. The number of carbonyl (C=O) groups excluding carboxylic acids is 2. The third-order valence-corrected chi connectivity index (χ3v) is 7.62. The maximum absolute atomic E-state index is 13.6. The van der Waals surface area contributed by atoms with Crippen LogP contribution in [0, 0.1) is 0 Å². The average molecular weight is 429 g/mol. The van der Waals surface area contributed by atoms with Crippen LogP contribution in [0.15, 0.2) is 53.4 Å². The molecule has 2 aromatic carbocycles. The van der Waals surface area contributed by atoms with Crippen LogP contribution in [0.4, 0.5) is 0 Å². The first kappa shape index (κ1) is 20.6. The molecule has 0 bridgehead atoms. The van der Waals surface area contributed by atoms with Gasteiger partial charge in [0.15, 0.2) is 0 Å². The standard InChI is InChI=1S/C22H24N2O5S/c1-29-22(26)17-9-6-10-19(13-17)30(27,28)24-15-18-8-3-2-7-16(18)14-20(24)21(25)23-11-4-5-12-23/h2-3,6-10,13,20H,4-5,11-12,14-15H2,1H3/t20-/m0/s1. The number of carbonyl (C=O) groups is 2. The Balaban J connectivity index is 1.75. The molecule has 158 valence electrons. The highest BCUT2D eigenvalue weighted by molar-refractivity contribution is 7.89. The van der Waals surface area contributed by atoms with Gasteiger partial charge in [-0.1, -0.05) is 30.3 Å². The smallest absolute Gasteiger partial charge is 0.337 e. The SMILES string of the molecule is COC(=O)c1cccc(S(=O)(=O)N2Cc3ccccc3C[C@H]2C(=O)N2CCCC2)c1. The van der Waals surface area contributed by atoms with Crippen LogP contribution < -0.4 is 0 Å². The van der Waals surface area contributed by atoms with Gasteiger partial charge >= 0.3 is 5.97 Å². The van der Waals surface area contributed by atoms with Crippen molar-refractivity contribution in [2.45, 2.75) is 36.7 Å². The van der Waals surface area contributed by atoms with Gasteiger partial charge in [0.1, 0.15) is 6.04 Å². The summed E-state index contributed by atoms with van der Waals surface area (Å²) >= 11 is 0. The van der Waals surface area contributed by atoms with Crippen molar-refractivity contribution in [2.75, 3.05) is 20.2 Å². The van der Waals surface area contributed by atoms with Gasteiger partial charge in [-0.05, 0) is 48.6 Å². The van der Waals surface area contributed by atoms with Gasteiger partial charge in [-0.15, -0.1) is 0 Å². The summed E-state index contributed by atoms with van der Waals surface area (Å²) < 4.78 is 33.2. The van der Waals surface area contributed by atoms with Gasteiger partial charge in [-0.25, -0.2) is 13.2 Å². The van der Waals surface area contributed by atoms with Crippen molar-refractivity contribution in [3.05, 3.63) is 65.2 Å². The number of esters is 1. The zero-order valence-electron chi connectivity index (χ0n) is 16.8. The lowest BCUT2D eigenvalue weighted by Gasteiger charge is -2.36. The summed E-state index contributed by atoms with van der Waals surface area (Å²) in [6, 6.07) is 12.6. The number of methoxy groups -OCH3 is 1. The Bertz CT molecular complexity index is 1080. The third-order valence-electron chi connectivity index (χ3n) is 5.77. The number of ether oxygens (including phenoxy) is 1. The van der Waals surface area contributed by atoms with Crippen LogP contribution in [0.25, 0.3) is 0 Å². The highest BCUT2D eigenvalue weighted by Crippen LogP contribution is 2.31. The molecule has 0 radical (unpaired) electrons. The van der Waals surface area contributed by atoms with E-state index >= 15 is 0 Å². The zero-order chi connectivity index (χ0) is 21.3. The average Bonchev–Trinajstić information content (AvgIpc) is 3.32. The van der Waals surface area contributed by atoms with Crippen molar-refractivity contribution in [1.82, 2.24) is 9.21 Å². The van der Waals surface area contributed by atoms with E-state index in [0.29, 0.717) is 19.5 Å². The molecule has 0 aliphatic carbocycles. The first-order valence-electron chi connectivity index (χ1n) is 9.97. The van der Waals surface area contributed by atoms with Crippen LogP contribution in [0.3, 0.4) is 0 Å². The number of rotatable bonds is 4. The Morgan fingerprint density at radius 1 is 1.00 bits per heavy atom. The first-order chi connectivity index (χ1) is 14.4. The van der Waals surface area contributed by atoms with E-state index in [1.54, 1.807) is 4.90 Å². The fourth-order valence-corrected chi connectivity index (χ4v) is 5.75. The number of fused-ring (bicyclic) bond motifs is 1. The largest absolute Gasteiger partial charge is 0.465 e. The van der Waals surface area contributed by atoms with Crippen LogP contribution in [-0.2, 0) is 32.5 Å². The van der Waals surface area contributed by atoms with Gasteiger partial charge in [-0.3, -0.25) is 4.79 Å². The molecule has 30 heavy (non-hydrogen) atoms. The van der Waals surface area contributed by atoms with Crippen LogP contribution in [-0.4, -0.2) is 55.7 Å². The minimum atomic E-state index is -4.01. The number of amides is 1. The molecule has 8 heteroatoms. The van der Waals surface area contributed by atoms with Crippen molar-refractivity contribution >= 4 is 21.9 Å². The van der Waals surface area contributed by atoms with Crippen molar-refractivity contribution in [3.63, 3.8) is 0 Å². The molecule has 2 heterocycles. The molecule has 0 N–H and O–H groups in total. The molecular weight excluding hydrogens is 404 g/mol. The van der Waals surface area contributed by atoms with Crippen LogP contribution in [0.2, 0.25) is 0 Å². The van der Waals surface area contributed by atoms with Crippen LogP contribution in [0.5, 0.6) is 0 Å². The Morgan fingerprint density at radius 2 is 1.70 bits per heavy atom. The number of hydrogen-bond donors (Lipinski definition) is 0. The number of likely N-dealkylation sites (tertiary alicyclic amines) is 1. The summed E-state index contributed by atoms with van der Waals surface area (Å²) in [5, 5.41) is 0. The topological polar surface area (TPSA) is 84.0 Å². The second-order valence-corrected chi connectivity index (χ2v) is 9.48. The summed E-state index contributed by atoms with van der Waals surface area (Å²) in [4.78, 5) is 26.9. The fraction of sp³-hybridized carbons (Fsp3) is 0.364. The van der Waals surface area contributed by atoms with E-state index in [4.69, 9.17) is 4.74 Å². The summed E-state index contributed by atoms with van der Waals surface area (Å²) in [6.07, 6.45) is 2.20. The van der Waals surface area contributed by atoms with Crippen LogP contribution >= 0.6 is 0 Å². The van der Waals surface area contributed by atoms with E-state index in [2.05, 4.69) is 0 Å². The number of sulfonamides is 1. The Kier molecular flexibility index (Phi) is 5.62.